The van der Waals surface area contributed by atoms with Gasteiger partial charge in [-0.3, -0.25) is 4.79 Å². The first kappa shape index (κ1) is 18.8. The molecule has 0 bridgehead atoms. The molecule has 2 aliphatic heterocycles. The van der Waals surface area contributed by atoms with E-state index in [4.69, 9.17) is 16.3 Å². The summed E-state index contributed by atoms with van der Waals surface area (Å²) >= 11 is 6.08. The number of anilines is 2. The van der Waals surface area contributed by atoms with Crippen molar-refractivity contribution >= 4 is 29.1 Å². The van der Waals surface area contributed by atoms with Crippen LogP contribution < -0.4 is 14.5 Å². The molecule has 0 radical (unpaired) electrons. The summed E-state index contributed by atoms with van der Waals surface area (Å²) in [5.41, 5.74) is 0.502. The molecule has 0 spiro atoms. The standard InChI is InChI=1S/C20H24ClN5O2/c1-28-17-5-4-15(21)12-16(17)20(27)26-10-8-25(9-11-26)19-13-18(22-14-23-19)24-6-2-3-7-24/h4-5,12-14H,2-3,6-11H2,1H3. The summed E-state index contributed by atoms with van der Waals surface area (Å²) in [7, 11) is 1.56. The van der Waals surface area contributed by atoms with Gasteiger partial charge in [-0.1, -0.05) is 11.6 Å². The van der Waals surface area contributed by atoms with Crippen molar-refractivity contribution in [1.82, 2.24) is 14.9 Å². The number of ether oxygens (including phenoxy) is 1. The number of amides is 1. The zero-order valence-corrected chi connectivity index (χ0v) is 16.7. The van der Waals surface area contributed by atoms with E-state index < -0.39 is 0 Å². The zero-order chi connectivity index (χ0) is 19.5. The summed E-state index contributed by atoms with van der Waals surface area (Å²) in [6.07, 6.45) is 4.07. The van der Waals surface area contributed by atoms with Crippen molar-refractivity contribution in [2.75, 3.05) is 56.2 Å². The fourth-order valence-corrected chi connectivity index (χ4v) is 3.96. The molecule has 1 aromatic carbocycles. The molecule has 148 valence electrons. The molecule has 2 fully saturated rings. The molecule has 8 heteroatoms. The summed E-state index contributed by atoms with van der Waals surface area (Å²) in [5, 5.41) is 0.526. The third-order valence-corrected chi connectivity index (χ3v) is 5.59. The number of carbonyl (C=O) groups excluding carboxylic acids is 1. The molecule has 7 nitrogen and oxygen atoms in total. The lowest BCUT2D eigenvalue weighted by Crippen LogP contribution is -2.49. The molecule has 4 rings (SSSR count). The Morgan fingerprint density at radius 1 is 0.964 bits per heavy atom. The molecule has 0 aliphatic carbocycles. The number of nitrogens with zero attached hydrogens (tertiary/aromatic N) is 5. The van der Waals surface area contributed by atoms with Crippen LogP contribution in [-0.4, -0.2) is 67.2 Å². The van der Waals surface area contributed by atoms with Gasteiger partial charge in [-0.15, -0.1) is 0 Å². The fourth-order valence-electron chi connectivity index (χ4n) is 3.79. The van der Waals surface area contributed by atoms with E-state index in [1.54, 1.807) is 31.6 Å². The molecule has 2 aliphatic rings. The van der Waals surface area contributed by atoms with Crippen molar-refractivity contribution in [3.63, 3.8) is 0 Å². The molecule has 0 atom stereocenters. The van der Waals surface area contributed by atoms with E-state index >= 15 is 0 Å². The highest BCUT2D eigenvalue weighted by Crippen LogP contribution is 2.26. The number of hydrogen-bond donors (Lipinski definition) is 0. The molecule has 0 unspecified atom stereocenters. The van der Waals surface area contributed by atoms with Crippen LogP contribution in [0, 0.1) is 0 Å². The van der Waals surface area contributed by atoms with Crippen LogP contribution in [0.2, 0.25) is 5.02 Å². The SMILES string of the molecule is COc1ccc(Cl)cc1C(=O)N1CCN(c2cc(N3CCCC3)ncn2)CC1. The van der Waals surface area contributed by atoms with Crippen LogP contribution >= 0.6 is 11.6 Å². The van der Waals surface area contributed by atoms with Crippen molar-refractivity contribution < 1.29 is 9.53 Å². The van der Waals surface area contributed by atoms with Crippen molar-refractivity contribution in [1.29, 1.82) is 0 Å². The number of halogens is 1. The van der Waals surface area contributed by atoms with Crippen LogP contribution in [0.1, 0.15) is 23.2 Å². The Bertz CT molecular complexity index is 848. The van der Waals surface area contributed by atoms with Gasteiger partial charge in [0.15, 0.2) is 0 Å². The summed E-state index contributed by atoms with van der Waals surface area (Å²) in [6.45, 7) is 4.81. The minimum absolute atomic E-state index is 0.0561. The van der Waals surface area contributed by atoms with E-state index in [0.717, 1.165) is 37.8 Å². The third-order valence-electron chi connectivity index (χ3n) is 5.35. The summed E-state index contributed by atoms with van der Waals surface area (Å²) in [4.78, 5) is 28.2. The lowest BCUT2D eigenvalue weighted by Gasteiger charge is -2.35. The van der Waals surface area contributed by atoms with Gasteiger partial charge >= 0.3 is 0 Å². The fraction of sp³-hybridized carbons (Fsp3) is 0.450. The average Bonchev–Trinajstić information content (AvgIpc) is 3.28. The molecule has 2 aromatic rings. The first-order valence-corrected chi connectivity index (χ1v) is 9.98. The Hall–Kier alpha value is -2.54. The largest absolute Gasteiger partial charge is 0.496 e. The Morgan fingerprint density at radius 2 is 1.61 bits per heavy atom. The van der Waals surface area contributed by atoms with E-state index in [9.17, 15) is 4.79 Å². The van der Waals surface area contributed by atoms with Crippen LogP contribution in [0.15, 0.2) is 30.6 Å². The molecule has 28 heavy (non-hydrogen) atoms. The van der Waals surface area contributed by atoms with Gasteiger partial charge in [-0.25, -0.2) is 9.97 Å². The van der Waals surface area contributed by atoms with E-state index in [1.807, 2.05) is 4.90 Å². The number of piperazine rings is 1. The maximum atomic E-state index is 12.9. The molecule has 3 heterocycles. The van der Waals surface area contributed by atoms with E-state index in [1.165, 1.54) is 12.8 Å². The second-order valence-corrected chi connectivity index (χ2v) is 7.49. The number of methoxy groups -OCH3 is 1. The van der Waals surface area contributed by atoms with Gasteiger partial charge in [-0.2, -0.15) is 0 Å². The molecule has 1 amide bonds. The minimum Gasteiger partial charge on any atom is -0.496 e. The average molecular weight is 402 g/mol. The Morgan fingerprint density at radius 3 is 2.25 bits per heavy atom. The molecular weight excluding hydrogens is 378 g/mol. The van der Waals surface area contributed by atoms with Crippen LogP contribution in [0.3, 0.4) is 0 Å². The number of aromatic nitrogens is 2. The van der Waals surface area contributed by atoms with Crippen molar-refractivity contribution in [2.24, 2.45) is 0 Å². The summed E-state index contributed by atoms with van der Waals surface area (Å²) in [5.74, 6) is 2.40. The lowest BCUT2D eigenvalue weighted by molar-refractivity contribution is 0.0743. The maximum Gasteiger partial charge on any atom is 0.257 e. The Balaban J connectivity index is 1.43. The highest BCUT2D eigenvalue weighted by molar-refractivity contribution is 6.31. The Kier molecular flexibility index (Phi) is 5.52. The van der Waals surface area contributed by atoms with Crippen LogP contribution in [0.4, 0.5) is 11.6 Å². The maximum absolute atomic E-state index is 12.9. The van der Waals surface area contributed by atoms with Crippen LogP contribution in [-0.2, 0) is 0 Å². The van der Waals surface area contributed by atoms with Gasteiger partial charge in [0.25, 0.3) is 5.91 Å². The lowest BCUT2D eigenvalue weighted by atomic mass is 10.1. The number of hydrogen-bond acceptors (Lipinski definition) is 6. The predicted octanol–water partition coefficient (Wildman–Crippen LogP) is 2.70. The van der Waals surface area contributed by atoms with Crippen molar-refractivity contribution in [2.45, 2.75) is 12.8 Å². The van der Waals surface area contributed by atoms with Gasteiger partial charge in [0.05, 0.1) is 12.7 Å². The molecular formula is C20H24ClN5O2. The van der Waals surface area contributed by atoms with E-state index in [-0.39, 0.29) is 5.91 Å². The first-order valence-electron chi connectivity index (χ1n) is 9.60. The monoisotopic (exact) mass is 401 g/mol. The molecule has 0 saturated carbocycles. The van der Waals surface area contributed by atoms with Crippen molar-refractivity contribution in [3.8, 4) is 5.75 Å². The van der Waals surface area contributed by atoms with Crippen LogP contribution in [0.5, 0.6) is 5.75 Å². The quantitative estimate of drug-likeness (QED) is 0.785. The van der Waals surface area contributed by atoms with E-state index in [2.05, 4.69) is 25.8 Å². The van der Waals surface area contributed by atoms with Gasteiger partial charge in [0.2, 0.25) is 0 Å². The smallest absolute Gasteiger partial charge is 0.257 e. The number of benzene rings is 1. The normalized spacial score (nSPS) is 17.1. The highest BCUT2D eigenvalue weighted by Gasteiger charge is 2.25. The summed E-state index contributed by atoms with van der Waals surface area (Å²) in [6, 6.07) is 7.18. The van der Waals surface area contributed by atoms with Gasteiger partial charge in [0.1, 0.15) is 23.7 Å². The van der Waals surface area contributed by atoms with Gasteiger partial charge in [0, 0.05) is 50.4 Å². The third kappa shape index (κ3) is 3.85. The summed E-state index contributed by atoms with van der Waals surface area (Å²) < 4.78 is 5.33. The zero-order valence-electron chi connectivity index (χ0n) is 16.0. The van der Waals surface area contributed by atoms with Crippen molar-refractivity contribution in [3.05, 3.63) is 41.2 Å². The second-order valence-electron chi connectivity index (χ2n) is 7.05. The second kappa shape index (κ2) is 8.22. The number of carbonyl (C=O) groups is 1. The molecule has 1 aromatic heterocycles. The first-order chi connectivity index (χ1) is 13.7. The topological polar surface area (TPSA) is 61.8 Å². The number of rotatable bonds is 4. The van der Waals surface area contributed by atoms with E-state index in [0.29, 0.717) is 29.4 Å². The molecule has 0 N–H and O–H groups in total. The predicted molar refractivity (Wildman–Crippen MR) is 110 cm³/mol. The Labute approximate surface area is 169 Å². The van der Waals surface area contributed by atoms with Gasteiger partial charge in [-0.05, 0) is 31.0 Å². The molecule has 2 saturated heterocycles. The minimum atomic E-state index is -0.0561. The highest BCUT2D eigenvalue weighted by atomic mass is 35.5. The van der Waals surface area contributed by atoms with Crippen LogP contribution in [0.25, 0.3) is 0 Å². The van der Waals surface area contributed by atoms with Gasteiger partial charge < -0.3 is 19.4 Å².